The standard InChI is InChI=1S/C21H26ClN5O2/c1-12(28)25-14-5-4-13(6-14)20(29)26-19-7-15(17(22)10-23-19)16-9-24-27-11-21(2,3)8-18(16)27/h7,9-10,13-14H,4-6,8,11H2,1-3H3,(H,25,28)(H,23,26,29)/t13-,14+/m0/s1. The maximum absolute atomic E-state index is 12.7. The molecular weight excluding hydrogens is 390 g/mol. The van der Waals surface area contributed by atoms with E-state index in [1.165, 1.54) is 6.92 Å². The van der Waals surface area contributed by atoms with Gasteiger partial charge in [-0.15, -0.1) is 0 Å². The summed E-state index contributed by atoms with van der Waals surface area (Å²) in [6.45, 7) is 6.83. The summed E-state index contributed by atoms with van der Waals surface area (Å²) in [4.78, 5) is 28.2. The Hall–Kier alpha value is -2.41. The van der Waals surface area contributed by atoms with Gasteiger partial charge in [-0.05, 0) is 37.2 Å². The zero-order chi connectivity index (χ0) is 20.8. The van der Waals surface area contributed by atoms with Crippen molar-refractivity contribution in [2.45, 2.75) is 59.0 Å². The first kappa shape index (κ1) is 19.9. The minimum Gasteiger partial charge on any atom is -0.354 e. The van der Waals surface area contributed by atoms with Crippen molar-refractivity contribution in [3.63, 3.8) is 0 Å². The van der Waals surface area contributed by atoms with Crippen LogP contribution in [0.4, 0.5) is 5.82 Å². The smallest absolute Gasteiger partial charge is 0.228 e. The first-order chi connectivity index (χ1) is 13.7. The molecule has 8 heteroatoms. The number of hydrogen-bond acceptors (Lipinski definition) is 4. The quantitative estimate of drug-likeness (QED) is 0.800. The number of carbonyl (C=O) groups is 2. The van der Waals surface area contributed by atoms with Crippen LogP contribution < -0.4 is 10.6 Å². The summed E-state index contributed by atoms with van der Waals surface area (Å²) in [5, 5.41) is 10.9. The Morgan fingerprint density at radius 1 is 1.24 bits per heavy atom. The van der Waals surface area contributed by atoms with Crippen LogP contribution in [0.15, 0.2) is 18.5 Å². The number of amides is 2. The van der Waals surface area contributed by atoms with Crippen LogP contribution in [0.5, 0.6) is 0 Å². The molecule has 2 aliphatic rings. The first-order valence-electron chi connectivity index (χ1n) is 10.0. The van der Waals surface area contributed by atoms with E-state index in [4.69, 9.17) is 11.6 Å². The number of hydrogen-bond donors (Lipinski definition) is 2. The molecule has 2 aromatic rings. The lowest BCUT2D eigenvalue weighted by Gasteiger charge is -2.15. The summed E-state index contributed by atoms with van der Waals surface area (Å²) in [6, 6.07) is 1.89. The normalized spacial score (nSPS) is 22.3. The SMILES string of the molecule is CC(=O)N[C@@H]1CC[C@H](C(=O)Nc2cc(-c3cnn4c3CC(C)(C)C4)c(Cl)cn2)C1. The Bertz CT molecular complexity index is 968. The van der Waals surface area contributed by atoms with Crippen molar-refractivity contribution in [2.24, 2.45) is 11.3 Å². The second-order valence-corrected chi connectivity index (χ2v) is 9.36. The molecule has 4 rings (SSSR count). The number of anilines is 1. The van der Waals surface area contributed by atoms with E-state index in [1.807, 2.05) is 16.9 Å². The minimum atomic E-state index is -0.131. The van der Waals surface area contributed by atoms with Crippen LogP contribution in [-0.2, 0) is 22.6 Å². The highest BCUT2D eigenvalue weighted by Crippen LogP contribution is 2.39. The molecule has 0 bridgehead atoms. The highest BCUT2D eigenvalue weighted by atomic mass is 35.5. The van der Waals surface area contributed by atoms with Crippen molar-refractivity contribution in [2.75, 3.05) is 5.32 Å². The lowest BCUT2D eigenvalue weighted by Crippen LogP contribution is -2.31. The van der Waals surface area contributed by atoms with Gasteiger partial charge < -0.3 is 10.6 Å². The fourth-order valence-electron chi connectivity index (χ4n) is 4.45. The predicted octanol–water partition coefficient (Wildman–Crippen LogP) is 3.42. The second kappa shape index (κ2) is 7.44. The molecule has 1 fully saturated rings. The van der Waals surface area contributed by atoms with Crippen LogP contribution >= 0.6 is 11.6 Å². The second-order valence-electron chi connectivity index (χ2n) is 8.95. The van der Waals surface area contributed by atoms with Crippen LogP contribution in [0.2, 0.25) is 5.02 Å². The van der Waals surface area contributed by atoms with Crippen molar-refractivity contribution in [1.29, 1.82) is 0 Å². The average molecular weight is 416 g/mol. The van der Waals surface area contributed by atoms with Crippen molar-refractivity contribution >= 4 is 29.2 Å². The Balaban J connectivity index is 1.50. The molecule has 0 radical (unpaired) electrons. The van der Waals surface area contributed by atoms with E-state index < -0.39 is 0 Å². The molecule has 1 saturated carbocycles. The van der Waals surface area contributed by atoms with Gasteiger partial charge in [0.2, 0.25) is 11.8 Å². The van der Waals surface area contributed by atoms with Crippen LogP contribution in [-0.4, -0.2) is 32.6 Å². The van der Waals surface area contributed by atoms with Crippen molar-refractivity contribution < 1.29 is 9.59 Å². The molecule has 0 spiro atoms. The van der Waals surface area contributed by atoms with Crippen LogP contribution in [0, 0.1) is 11.3 Å². The molecule has 0 aromatic carbocycles. The maximum atomic E-state index is 12.7. The van der Waals surface area contributed by atoms with Gasteiger partial charge in [0.1, 0.15) is 5.82 Å². The molecule has 2 atom stereocenters. The third kappa shape index (κ3) is 4.15. The molecule has 2 amide bonds. The first-order valence-corrected chi connectivity index (χ1v) is 10.4. The maximum Gasteiger partial charge on any atom is 0.228 e. The number of aromatic nitrogens is 3. The lowest BCUT2D eigenvalue weighted by molar-refractivity contribution is -0.121. The number of halogens is 1. The number of nitrogens with zero attached hydrogens (tertiary/aromatic N) is 3. The number of nitrogens with one attached hydrogen (secondary N) is 2. The Morgan fingerprint density at radius 3 is 2.79 bits per heavy atom. The molecule has 29 heavy (non-hydrogen) atoms. The third-order valence-corrected chi connectivity index (χ3v) is 6.08. The molecule has 3 heterocycles. The van der Waals surface area contributed by atoms with Crippen molar-refractivity contribution in [3.8, 4) is 11.1 Å². The molecule has 1 aliphatic carbocycles. The van der Waals surface area contributed by atoms with E-state index in [9.17, 15) is 9.59 Å². The number of carbonyl (C=O) groups excluding carboxylic acids is 2. The van der Waals surface area contributed by atoms with E-state index in [1.54, 1.807) is 6.20 Å². The van der Waals surface area contributed by atoms with Crippen molar-refractivity contribution in [3.05, 3.63) is 29.2 Å². The number of fused-ring (bicyclic) bond motifs is 1. The van der Waals surface area contributed by atoms with Gasteiger partial charge in [0.05, 0.1) is 11.2 Å². The van der Waals surface area contributed by atoms with Gasteiger partial charge >= 0.3 is 0 Å². The molecule has 0 saturated heterocycles. The van der Waals surface area contributed by atoms with Crippen LogP contribution in [0.25, 0.3) is 11.1 Å². The Morgan fingerprint density at radius 2 is 2.03 bits per heavy atom. The zero-order valence-corrected chi connectivity index (χ0v) is 17.7. The van der Waals surface area contributed by atoms with E-state index in [-0.39, 0.29) is 29.2 Å². The summed E-state index contributed by atoms with van der Waals surface area (Å²) in [5.74, 6) is 0.223. The van der Waals surface area contributed by atoms with Gasteiger partial charge in [-0.25, -0.2) is 4.98 Å². The van der Waals surface area contributed by atoms with E-state index in [0.29, 0.717) is 17.3 Å². The van der Waals surface area contributed by atoms with Crippen LogP contribution in [0.1, 0.15) is 45.7 Å². The zero-order valence-electron chi connectivity index (χ0n) is 17.0. The molecule has 7 nitrogen and oxygen atoms in total. The lowest BCUT2D eigenvalue weighted by atomic mass is 9.89. The highest BCUT2D eigenvalue weighted by Gasteiger charge is 2.33. The monoisotopic (exact) mass is 415 g/mol. The van der Waals surface area contributed by atoms with Gasteiger partial charge in [0.15, 0.2) is 0 Å². The number of rotatable bonds is 4. The van der Waals surface area contributed by atoms with E-state index >= 15 is 0 Å². The highest BCUT2D eigenvalue weighted by molar-refractivity contribution is 6.33. The van der Waals surface area contributed by atoms with Gasteiger partial charge in [0, 0.05) is 48.4 Å². The summed E-state index contributed by atoms with van der Waals surface area (Å²) >= 11 is 6.44. The largest absolute Gasteiger partial charge is 0.354 e. The van der Waals surface area contributed by atoms with E-state index in [0.717, 1.165) is 42.6 Å². The van der Waals surface area contributed by atoms with E-state index in [2.05, 4.69) is 34.6 Å². The summed E-state index contributed by atoms with van der Waals surface area (Å²) < 4.78 is 2.03. The minimum absolute atomic E-state index is 0.0584. The van der Waals surface area contributed by atoms with Gasteiger partial charge in [-0.1, -0.05) is 25.4 Å². The summed E-state index contributed by atoms with van der Waals surface area (Å²) in [7, 11) is 0. The molecule has 2 aromatic heterocycles. The molecule has 154 valence electrons. The third-order valence-electron chi connectivity index (χ3n) is 5.78. The topological polar surface area (TPSA) is 88.9 Å². The Labute approximate surface area is 175 Å². The molecule has 0 unspecified atom stereocenters. The van der Waals surface area contributed by atoms with Gasteiger partial charge in [-0.3, -0.25) is 14.3 Å². The molecule has 2 N–H and O–H groups in total. The molecular formula is C21H26ClN5O2. The van der Waals surface area contributed by atoms with Gasteiger partial charge in [-0.2, -0.15) is 5.10 Å². The van der Waals surface area contributed by atoms with Gasteiger partial charge in [0.25, 0.3) is 0 Å². The van der Waals surface area contributed by atoms with Crippen LogP contribution in [0.3, 0.4) is 0 Å². The summed E-state index contributed by atoms with van der Waals surface area (Å²) in [6.07, 6.45) is 6.56. The molecule has 1 aliphatic heterocycles. The Kier molecular flexibility index (Phi) is 5.11. The summed E-state index contributed by atoms with van der Waals surface area (Å²) in [5.41, 5.74) is 3.15. The fraction of sp³-hybridized carbons (Fsp3) is 0.524. The van der Waals surface area contributed by atoms with Crippen molar-refractivity contribution in [1.82, 2.24) is 20.1 Å². The fourth-order valence-corrected chi connectivity index (χ4v) is 4.66. The predicted molar refractivity (Wildman–Crippen MR) is 112 cm³/mol. The number of pyridine rings is 1. The average Bonchev–Trinajstić information content (AvgIpc) is 3.30.